The van der Waals surface area contributed by atoms with Gasteiger partial charge in [0.25, 0.3) is 0 Å². The summed E-state index contributed by atoms with van der Waals surface area (Å²) in [5.74, 6) is -5.24. The van der Waals surface area contributed by atoms with Crippen molar-refractivity contribution in [3.05, 3.63) is 29.3 Å². The Labute approximate surface area is 131 Å². The number of nitrogens with zero attached hydrogens (tertiary/aromatic N) is 1. The summed E-state index contributed by atoms with van der Waals surface area (Å²) in [6, 6.07) is 4.53. The molecule has 1 saturated heterocycles. The zero-order chi connectivity index (χ0) is 17.4. The Kier molecular flexibility index (Phi) is 4.53. The number of carbonyl (C=O) groups is 2. The van der Waals surface area contributed by atoms with Crippen molar-refractivity contribution < 1.29 is 27.9 Å². The van der Waals surface area contributed by atoms with E-state index in [2.05, 4.69) is 5.32 Å². The number of anilines is 1. The summed E-state index contributed by atoms with van der Waals surface area (Å²) in [5, 5.41) is 11.5. The van der Waals surface area contributed by atoms with Gasteiger partial charge in [0.1, 0.15) is 0 Å². The number of benzene rings is 1. The Morgan fingerprint density at radius 3 is 2.39 bits per heavy atom. The van der Waals surface area contributed by atoms with E-state index in [-0.39, 0.29) is 0 Å². The average Bonchev–Trinajstić information content (AvgIpc) is 2.87. The first-order valence-corrected chi connectivity index (χ1v) is 7.02. The molecule has 1 heterocycles. The molecule has 2 rings (SSSR count). The number of aliphatic carboxylic acids is 1. The van der Waals surface area contributed by atoms with Gasteiger partial charge in [0.05, 0.1) is 11.8 Å². The van der Waals surface area contributed by atoms with Crippen LogP contribution in [0.2, 0.25) is 0 Å². The number of halogens is 3. The van der Waals surface area contributed by atoms with Gasteiger partial charge >= 0.3 is 18.2 Å². The Hall–Kier alpha value is -2.25. The number of rotatable bonds is 2. The van der Waals surface area contributed by atoms with Crippen LogP contribution in [0.5, 0.6) is 0 Å². The monoisotopic (exact) mass is 330 g/mol. The molecule has 1 aromatic carbocycles. The van der Waals surface area contributed by atoms with E-state index in [1.54, 1.807) is 19.1 Å². The van der Waals surface area contributed by atoms with Gasteiger partial charge in [-0.15, -0.1) is 0 Å². The zero-order valence-corrected chi connectivity index (χ0v) is 12.6. The number of carboxylic acid groups (broad SMARTS) is 1. The molecule has 8 heteroatoms. The van der Waals surface area contributed by atoms with Crippen LogP contribution >= 0.6 is 0 Å². The van der Waals surface area contributed by atoms with E-state index in [0.717, 1.165) is 16.0 Å². The van der Waals surface area contributed by atoms with Crippen molar-refractivity contribution >= 4 is 17.7 Å². The predicted molar refractivity (Wildman–Crippen MR) is 77.2 cm³/mol. The Morgan fingerprint density at radius 2 is 1.91 bits per heavy atom. The number of alkyl halides is 3. The van der Waals surface area contributed by atoms with Gasteiger partial charge in [-0.05, 0) is 25.5 Å². The standard InChI is InChI=1S/C15H17F3N2O3/c1-8-3-4-12(9(2)5-8)19-14(23)20-6-10(13(21)22)11(7-20)15(16,17)18/h3-5,10-11H,6-7H2,1-2H3,(H,19,23)(H,21,22)/t10-,11-/m1/s1. The molecule has 1 fully saturated rings. The Morgan fingerprint density at radius 1 is 1.26 bits per heavy atom. The fourth-order valence-corrected chi connectivity index (χ4v) is 2.70. The minimum atomic E-state index is -4.65. The largest absolute Gasteiger partial charge is 0.481 e. The van der Waals surface area contributed by atoms with E-state index in [4.69, 9.17) is 5.11 Å². The summed E-state index contributed by atoms with van der Waals surface area (Å²) in [5.41, 5.74) is 2.26. The molecule has 0 radical (unpaired) electrons. The maximum absolute atomic E-state index is 12.9. The molecule has 2 amide bonds. The summed E-state index contributed by atoms with van der Waals surface area (Å²) >= 11 is 0. The molecule has 126 valence electrons. The quantitative estimate of drug-likeness (QED) is 0.876. The Bertz CT molecular complexity index is 631. The Balaban J connectivity index is 2.13. The van der Waals surface area contributed by atoms with Crippen molar-refractivity contribution in [1.29, 1.82) is 0 Å². The number of likely N-dealkylation sites (tertiary alicyclic amines) is 1. The van der Waals surface area contributed by atoms with Crippen molar-refractivity contribution in [3.8, 4) is 0 Å². The summed E-state index contributed by atoms with van der Waals surface area (Å²) in [6.45, 7) is 2.53. The fraction of sp³-hybridized carbons (Fsp3) is 0.467. The molecule has 2 atom stereocenters. The molecule has 1 aliphatic rings. The molecule has 0 bridgehead atoms. The van der Waals surface area contributed by atoms with E-state index < -0.39 is 43.1 Å². The lowest BCUT2D eigenvalue weighted by Crippen LogP contribution is -2.35. The number of carbonyl (C=O) groups excluding carboxylic acids is 1. The van der Waals surface area contributed by atoms with E-state index in [0.29, 0.717) is 5.69 Å². The summed E-state index contributed by atoms with van der Waals surface area (Å²) in [4.78, 5) is 24.1. The van der Waals surface area contributed by atoms with Gasteiger partial charge in [0.15, 0.2) is 0 Å². The zero-order valence-electron chi connectivity index (χ0n) is 12.6. The molecule has 1 aliphatic heterocycles. The minimum absolute atomic E-state index is 0.462. The predicted octanol–water partition coefficient (Wildman–Crippen LogP) is 3.03. The molecule has 0 saturated carbocycles. The van der Waals surface area contributed by atoms with Gasteiger partial charge in [-0.2, -0.15) is 13.2 Å². The average molecular weight is 330 g/mol. The van der Waals surface area contributed by atoms with Gasteiger partial charge in [0, 0.05) is 18.8 Å². The van der Waals surface area contributed by atoms with Gasteiger partial charge in [-0.1, -0.05) is 17.7 Å². The molecule has 0 aromatic heterocycles. The van der Waals surface area contributed by atoms with Crippen LogP contribution in [0.3, 0.4) is 0 Å². The molecular weight excluding hydrogens is 313 g/mol. The lowest BCUT2D eigenvalue weighted by molar-refractivity contribution is -0.187. The molecule has 0 unspecified atom stereocenters. The van der Waals surface area contributed by atoms with E-state index in [9.17, 15) is 22.8 Å². The molecule has 1 aromatic rings. The highest BCUT2D eigenvalue weighted by atomic mass is 19.4. The smallest absolute Gasteiger partial charge is 0.394 e. The van der Waals surface area contributed by atoms with Crippen LogP contribution in [0.15, 0.2) is 18.2 Å². The van der Waals surface area contributed by atoms with E-state index >= 15 is 0 Å². The molecule has 23 heavy (non-hydrogen) atoms. The first-order chi connectivity index (χ1) is 10.6. The number of hydrogen-bond acceptors (Lipinski definition) is 2. The third-order valence-corrected chi connectivity index (χ3v) is 3.97. The third kappa shape index (κ3) is 3.75. The SMILES string of the molecule is Cc1ccc(NC(=O)N2C[C@@H](C(F)(F)F)[C@H](C(=O)O)C2)c(C)c1. The molecular formula is C15H17F3N2O3. The number of aryl methyl sites for hydroxylation is 2. The second-order valence-electron chi connectivity index (χ2n) is 5.75. The molecule has 0 spiro atoms. The number of amides is 2. The van der Waals surface area contributed by atoms with Crippen LogP contribution in [0.1, 0.15) is 11.1 Å². The van der Waals surface area contributed by atoms with Gasteiger partial charge < -0.3 is 15.3 Å². The first-order valence-electron chi connectivity index (χ1n) is 7.02. The van der Waals surface area contributed by atoms with E-state index in [1.807, 2.05) is 13.0 Å². The summed E-state index contributed by atoms with van der Waals surface area (Å²) in [6.07, 6.45) is -4.65. The fourth-order valence-electron chi connectivity index (χ4n) is 2.70. The summed E-state index contributed by atoms with van der Waals surface area (Å²) in [7, 11) is 0. The highest BCUT2D eigenvalue weighted by molar-refractivity contribution is 5.91. The van der Waals surface area contributed by atoms with Gasteiger partial charge in [0.2, 0.25) is 0 Å². The number of urea groups is 1. The lowest BCUT2D eigenvalue weighted by Gasteiger charge is -2.19. The molecule has 0 aliphatic carbocycles. The number of nitrogens with one attached hydrogen (secondary N) is 1. The van der Waals surface area contributed by atoms with Crippen molar-refractivity contribution in [2.45, 2.75) is 20.0 Å². The number of carboxylic acids is 1. The van der Waals surface area contributed by atoms with Crippen molar-refractivity contribution in [3.63, 3.8) is 0 Å². The van der Waals surface area contributed by atoms with Crippen LogP contribution in [-0.2, 0) is 4.79 Å². The highest BCUT2D eigenvalue weighted by Crippen LogP contribution is 2.37. The van der Waals surface area contributed by atoms with Crippen LogP contribution in [0, 0.1) is 25.7 Å². The van der Waals surface area contributed by atoms with E-state index in [1.165, 1.54) is 0 Å². The van der Waals surface area contributed by atoms with Crippen molar-refractivity contribution in [2.24, 2.45) is 11.8 Å². The number of hydrogen-bond donors (Lipinski definition) is 2. The van der Waals surface area contributed by atoms with Crippen molar-refractivity contribution in [1.82, 2.24) is 4.90 Å². The maximum Gasteiger partial charge on any atom is 0.394 e. The summed E-state index contributed by atoms with van der Waals surface area (Å²) < 4.78 is 38.8. The third-order valence-electron chi connectivity index (χ3n) is 3.97. The van der Waals surface area contributed by atoms with Crippen LogP contribution < -0.4 is 5.32 Å². The second kappa shape index (κ2) is 6.10. The van der Waals surface area contributed by atoms with Crippen LogP contribution in [0.4, 0.5) is 23.7 Å². The topological polar surface area (TPSA) is 69.6 Å². The first kappa shape index (κ1) is 17.1. The normalized spacial score (nSPS) is 21.3. The lowest BCUT2D eigenvalue weighted by atomic mass is 9.96. The van der Waals surface area contributed by atoms with Crippen molar-refractivity contribution in [2.75, 3.05) is 18.4 Å². The molecule has 5 nitrogen and oxygen atoms in total. The molecule has 2 N–H and O–H groups in total. The minimum Gasteiger partial charge on any atom is -0.481 e. The second-order valence-corrected chi connectivity index (χ2v) is 5.75. The maximum atomic E-state index is 12.9. The highest BCUT2D eigenvalue weighted by Gasteiger charge is 2.53. The van der Waals surface area contributed by atoms with Crippen LogP contribution in [0.25, 0.3) is 0 Å². The van der Waals surface area contributed by atoms with Gasteiger partial charge in [-0.25, -0.2) is 4.79 Å². The van der Waals surface area contributed by atoms with Crippen LogP contribution in [-0.4, -0.2) is 41.3 Å². The van der Waals surface area contributed by atoms with Gasteiger partial charge in [-0.3, -0.25) is 4.79 Å².